The molecule has 0 radical (unpaired) electrons. The van der Waals surface area contributed by atoms with Crippen molar-refractivity contribution in [1.82, 2.24) is 0 Å². The average Bonchev–Trinajstić information content (AvgIpc) is 2.30. The van der Waals surface area contributed by atoms with E-state index in [9.17, 15) is 0 Å². The average molecular weight is 141 g/mol. The summed E-state index contributed by atoms with van der Waals surface area (Å²) >= 11 is 0. The van der Waals surface area contributed by atoms with Crippen LogP contribution in [0.3, 0.4) is 0 Å². The largest absolute Gasteiger partial charge is 0.327 e. The van der Waals surface area contributed by atoms with Crippen molar-refractivity contribution < 1.29 is 0 Å². The zero-order chi connectivity index (χ0) is 7.56. The molecule has 2 N–H and O–H groups in total. The van der Waals surface area contributed by atoms with E-state index in [2.05, 4.69) is 13.8 Å². The summed E-state index contributed by atoms with van der Waals surface area (Å²) in [7, 11) is 0. The third-order valence-electron chi connectivity index (χ3n) is 3.02. The minimum absolute atomic E-state index is 0.509. The van der Waals surface area contributed by atoms with E-state index >= 15 is 0 Å². The zero-order valence-electron chi connectivity index (χ0n) is 7.14. The van der Waals surface area contributed by atoms with E-state index in [-0.39, 0.29) is 0 Å². The van der Waals surface area contributed by atoms with Crippen LogP contribution in [0.5, 0.6) is 0 Å². The molecule has 0 bridgehead atoms. The SMILES string of the molecule is CCC1CCC(N)C1CC. The van der Waals surface area contributed by atoms with Gasteiger partial charge in [0.05, 0.1) is 0 Å². The van der Waals surface area contributed by atoms with Gasteiger partial charge in [0.1, 0.15) is 0 Å². The Morgan fingerprint density at radius 3 is 2.30 bits per heavy atom. The maximum absolute atomic E-state index is 5.96. The molecule has 0 heterocycles. The van der Waals surface area contributed by atoms with E-state index in [4.69, 9.17) is 5.73 Å². The van der Waals surface area contributed by atoms with Crippen LogP contribution >= 0.6 is 0 Å². The van der Waals surface area contributed by atoms with Crippen LogP contribution in [0, 0.1) is 11.8 Å². The predicted octanol–water partition coefficient (Wildman–Crippen LogP) is 2.16. The first-order chi connectivity index (χ1) is 4.79. The summed E-state index contributed by atoms with van der Waals surface area (Å²) in [5.74, 6) is 1.75. The van der Waals surface area contributed by atoms with Gasteiger partial charge in [0.15, 0.2) is 0 Å². The van der Waals surface area contributed by atoms with Crippen molar-refractivity contribution in [2.24, 2.45) is 17.6 Å². The van der Waals surface area contributed by atoms with Crippen molar-refractivity contribution in [2.75, 3.05) is 0 Å². The maximum Gasteiger partial charge on any atom is 0.00698 e. The molecule has 1 rings (SSSR count). The highest BCUT2D eigenvalue weighted by atomic mass is 14.7. The van der Waals surface area contributed by atoms with E-state index < -0.39 is 0 Å². The molecular formula is C9H19N. The van der Waals surface area contributed by atoms with Crippen LogP contribution in [-0.2, 0) is 0 Å². The fraction of sp³-hybridized carbons (Fsp3) is 1.00. The third-order valence-corrected chi connectivity index (χ3v) is 3.02. The Balaban J connectivity index is 2.45. The van der Waals surface area contributed by atoms with Crippen LogP contribution in [0.25, 0.3) is 0 Å². The highest BCUT2D eigenvalue weighted by molar-refractivity contribution is 4.85. The van der Waals surface area contributed by atoms with E-state index in [1.165, 1.54) is 25.7 Å². The van der Waals surface area contributed by atoms with E-state index in [1.807, 2.05) is 0 Å². The number of hydrogen-bond donors (Lipinski definition) is 1. The van der Waals surface area contributed by atoms with Gasteiger partial charge in [-0.25, -0.2) is 0 Å². The number of nitrogens with two attached hydrogens (primary N) is 1. The molecule has 0 aromatic rings. The fourth-order valence-electron chi connectivity index (χ4n) is 2.33. The molecule has 3 atom stereocenters. The van der Waals surface area contributed by atoms with Gasteiger partial charge in [-0.15, -0.1) is 0 Å². The van der Waals surface area contributed by atoms with Gasteiger partial charge >= 0.3 is 0 Å². The lowest BCUT2D eigenvalue weighted by atomic mass is 9.90. The molecule has 1 heteroatoms. The van der Waals surface area contributed by atoms with Gasteiger partial charge in [-0.2, -0.15) is 0 Å². The normalized spacial score (nSPS) is 40.5. The first kappa shape index (κ1) is 8.06. The predicted molar refractivity (Wildman–Crippen MR) is 44.8 cm³/mol. The Morgan fingerprint density at radius 1 is 1.20 bits per heavy atom. The first-order valence-corrected chi connectivity index (χ1v) is 4.55. The first-order valence-electron chi connectivity index (χ1n) is 4.55. The Morgan fingerprint density at radius 2 is 1.90 bits per heavy atom. The van der Waals surface area contributed by atoms with Crippen molar-refractivity contribution in [2.45, 2.75) is 45.6 Å². The summed E-state index contributed by atoms with van der Waals surface area (Å²) in [6, 6.07) is 0.509. The van der Waals surface area contributed by atoms with Crippen molar-refractivity contribution >= 4 is 0 Å². The molecule has 0 aromatic heterocycles. The molecule has 1 fully saturated rings. The summed E-state index contributed by atoms with van der Waals surface area (Å²) in [5.41, 5.74) is 5.96. The second-order valence-corrected chi connectivity index (χ2v) is 3.48. The van der Waals surface area contributed by atoms with E-state index in [0.717, 1.165) is 11.8 Å². The Hall–Kier alpha value is -0.0400. The summed E-state index contributed by atoms with van der Waals surface area (Å²) in [4.78, 5) is 0. The van der Waals surface area contributed by atoms with Crippen molar-refractivity contribution in [1.29, 1.82) is 0 Å². The molecular weight excluding hydrogens is 122 g/mol. The van der Waals surface area contributed by atoms with Crippen LogP contribution in [-0.4, -0.2) is 6.04 Å². The third kappa shape index (κ3) is 1.34. The molecule has 1 aliphatic rings. The zero-order valence-corrected chi connectivity index (χ0v) is 7.14. The molecule has 0 saturated heterocycles. The van der Waals surface area contributed by atoms with Crippen molar-refractivity contribution in [3.05, 3.63) is 0 Å². The van der Waals surface area contributed by atoms with Gasteiger partial charge in [-0.3, -0.25) is 0 Å². The second-order valence-electron chi connectivity index (χ2n) is 3.48. The number of hydrogen-bond acceptors (Lipinski definition) is 1. The highest BCUT2D eigenvalue weighted by Gasteiger charge is 2.30. The molecule has 1 nitrogen and oxygen atoms in total. The van der Waals surface area contributed by atoms with Gasteiger partial charge in [0, 0.05) is 6.04 Å². The quantitative estimate of drug-likeness (QED) is 0.626. The van der Waals surface area contributed by atoms with Gasteiger partial charge < -0.3 is 5.73 Å². The molecule has 1 saturated carbocycles. The minimum Gasteiger partial charge on any atom is -0.327 e. The van der Waals surface area contributed by atoms with Gasteiger partial charge in [-0.05, 0) is 24.7 Å². The van der Waals surface area contributed by atoms with E-state index in [1.54, 1.807) is 0 Å². The van der Waals surface area contributed by atoms with Crippen molar-refractivity contribution in [3.63, 3.8) is 0 Å². The summed E-state index contributed by atoms with van der Waals surface area (Å²) < 4.78 is 0. The number of rotatable bonds is 2. The smallest absolute Gasteiger partial charge is 0.00698 e. The topological polar surface area (TPSA) is 26.0 Å². The standard InChI is InChI=1S/C9H19N/c1-3-7-5-6-9(10)8(7)4-2/h7-9H,3-6,10H2,1-2H3. The molecule has 3 unspecified atom stereocenters. The molecule has 60 valence electrons. The molecule has 0 spiro atoms. The monoisotopic (exact) mass is 141 g/mol. The van der Waals surface area contributed by atoms with Gasteiger partial charge in [-0.1, -0.05) is 26.7 Å². The maximum atomic E-state index is 5.96. The van der Waals surface area contributed by atoms with Crippen LogP contribution in [0.4, 0.5) is 0 Å². The Bertz CT molecular complexity index is 101. The molecule has 0 aliphatic heterocycles. The summed E-state index contributed by atoms with van der Waals surface area (Å²) in [5, 5.41) is 0. The molecule has 10 heavy (non-hydrogen) atoms. The van der Waals surface area contributed by atoms with Crippen LogP contribution in [0.15, 0.2) is 0 Å². The highest BCUT2D eigenvalue weighted by Crippen LogP contribution is 2.34. The lowest BCUT2D eigenvalue weighted by Crippen LogP contribution is -2.26. The van der Waals surface area contributed by atoms with Gasteiger partial charge in [0.2, 0.25) is 0 Å². The van der Waals surface area contributed by atoms with E-state index in [0.29, 0.717) is 6.04 Å². The van der Waals surface area contributed by atoms with Crippen LogP contribution in [0.2, 0.25) is 0 Å². The molecule has 0 amide bonds. The summed E-state index contributed by atoms with van der Waals surface area (Å²) in [6.45, 7) is 4.55. The van der Waals surface area contributed by atoms with Gasteiger partial charge in [0.25, 0.3) is 0 Å². The fourth-order valence-corrected chi connectivity index (χ4v) is 2.33. The lowest BCUT2D eigenvalue weighted by Gasteiger charge is -2.19. The molecule has 0 aromatic carbocycles. The Kier molecular flexibility index (Phi) is 2.72. The van der Waals surface area contributed by atoms with Crippen LogP contribution < -0.4 is 5.73 Å². The lowest BCUT2D eigenvalue weighted by molar-refractivity contribution is 0.342. The second kappa shape index (κ2) is 3.38. The van der Waals surface area contributed by atoms with Crippen molar-refractivity contribution in [3.8, 4) is 0 Å². The summed E-state index contributed by atoms with van der Waals surface area (Å²) in [6.07, 6.45) is 5.24. The molecule has 1 aliphatic carbocycles. The minimum atomic E-state index is 0.509. The Labute approximate surface area is 64.0 Å². The van der Waals surface area contributed by atoms with Crippen LogP contribution in [0.1, 0.15) is 39.5 Å².